The van der Waals surface area contributed by atoms with E-state index in [2.05, 4.69) is 47.6 Å². The third kappa shape index (κ3) is 3.89. The minimum atomic E-state index is 0.702. The largest absolute Gasteiger partial charge is 0.425 e. The second-order valence-corrected chi connectivity index (χ2v) is 4.90. The lowest BCUT2D eigenvalue weighted by Gasteiger charge is -2.04. The highest BCUT2D eigenvalue weighted by molar-refractivity contribution is 5.32. The normalized spacial score (nSPS) is 10.9. The van der Waals surface area contributed by atoms with E-state index in [1.54, 1.807) is 0 Å². The maximum absolute atomic E-state index is 5.68. The Labute approximate surface area is 114 Å². The van der Waals surface area contributed by atoms with Crippen LogP contribution in [-0.2, 0) is 12.8 Å². The molecule has 102 valence electrons. The molecule has 1 aromatic carbocycles. The lowest BCUT2D eigenvalue weighted by molar-refractivity contribution is 0.450. The molecule has 0 unspecified atom stereocenters. The highest BCUT2D eigenvalue weighted by Crippen LogP contribution is 2.15. The predicted octanol–water partition coefficient (Wildman–Crippen LogP) is 2.43. The quantitative estimate of drug-likeness (QED) is 0.809. The van der Waals surface area contributed by atoms with E-state index < -0.39 is 0 Å². The van der Waals surface area contributed by atoms with Crippen LogP contribution < -0.4 is 5.32 Å². The zero-order chi connectivity index (χ0) is 13.7. The molecule has 0 spiro atoms. The Hall–Kier alpha value is -1.68. The summed E-state index contributed by atoms with van der Waals surface area (Å²) in [4.78, 5) is 0. The van der Waals surface area contributed by atoms with Gasteiger partial charge in [0.1, 0.15) is 0 Å². The lowest BCUT2D eigenvalue weighted by Crippen LogP contribution is -2.08. The highest BCUT2D eigenvalue weighted by atomic mass is 16.4. The fourth-order valence-electron chi connectivity index (χ4n) is 2.03. The molecule has 0 aliphatic heterocycles. The first-order chi connectivity index (χ1) is 9.19. The van der Waals surface area contributed by atoms with Crippen molar-refractivity contribution < 1.29 is 4.42 Å². The topological polar surface area (TPSA) is 51.0 Å². The van der Waals surface area contributed by atoms with Crippen LogP contribution in [0.15, 0.2) is 22.6 Å². The van der Waals surface area contributed by atoms with Gasteiger partial charge in [-0.25, -0.2) is 0 Å². The van der Waals surface area contributed by atoms with Crippen LogP contribution in [0.1, 0.15) is 34.9 Å². The summed E-state index contributed by atoms with van der Waals surface area (Å²) in [6, 6.07) is 6.44. The van der Waals surface area contributed by atoms with Crippen LogP contribution in [0.4, 0.5) is 0 Å². The number of hydrogen-bond acceptors (Lipinski definition) is 4. The Kier molecular flexibility index (Phi) is 4.68. The van der Waals surface area contributed by atoms with E-state index >= 15 is 0 Å². The summed E-state index contributed by atoms with van der Waals surface area (Å²) in [6.07, 6.45) is 2.56. The van der Waals surface area contributed by atoms with Crippen molar-refractivity contribution in [1.82, 2.24) is 15.5 Å². The molecule has 1 heterocycles. The van der Waals surface area contributed by atoms with E-state index in [0.29, 0.717) is 12.3 Å². The number of nitrogens with one attached hydrogen (secondary N) is 1. The average Bonchev–Trinajstić information content (AvgIpc) is 2.82. The average molecular weight is 259 g/mol. The SMILES string of the molecule is CNCCCc1nnc(Cc2cc(C)ccc2C)o1. The molecule has 0 amide bonds. The number of aryl methyl sites for hydroxylation is 3. The van der Waals surface area contributed by atoms with Crippen LogP contribution >= 0.6 is 0 Å². The molecule has 1 N–H and O–H groups in total. The van der Waals surface area contributed by atoms with Gasteiger partial charge in [0.25, 0.3) is 0 Å². The molecule has 4 nitrogen and oxygen atoms in total. The molecule has 0 radical (unpaired) electrons. The van der Waals surface area contributed by atoms with Crippen molar-refractivity contribution >= 4 is 0 Å². The van der Waals surface area contributed by atoms with Crippen LogP contribution in [0.3, 0.4) is 0 Å². The molecular formula is C15H21N3O. The zero-order valence-corrected chi connectivity index (χ0v) is 11.9. The number of hydrogen-bond donors (Lipinski definition) is 1. The first-order valence-electron chi connectivity index (χ1n) is 6.71. The summed E-state index contributed by atoms with van der Waals surface area (Å²) < 4.78 is 5.68. The van der Waals surface area contributed by atoms with Gasteiger partial charge in [-0.1, -0.05) is 23.8 Å². The van der Waals surface area contributed by atoms with E-state index in [-0.39, 0.29) is 0 Å². The molecular weight excluding hydrogens is 238 g/mol. The van der Waals surface area contributed by atoms with Gasteiger partial charge in [-0.05, 0) is 45.0 Å². The van der Waals surface area contributed by atoms with Gasteiger partial charge < -0.3 is 9.73 Å². The summed E-state index contributed by atoms with van der Waals surface area (Å²) in [7, 11) is 1.94. The Morgan fingerprint density at radius 3 is 2.74 bits per heavy atom. The van der Waals surface area contributed by atoms with Crippen LogP contribution in [0.25, 0.3) is 0 Å². The fourth-order valence-corrected chi connectivity index (χ4v) is 2.03. The number of benzene rings is 1. The summed E-state index contributed by atoms with van der Waals surface area (Å²) in [6.45, 7) is 5.17. The smallest absolute Gasteiger partial charge is 0.220 e. The van der Waals surface area contributed by atoms with Gasteiger partial charge in [-0.15, -0.1) is 10.2 Å². The highest BCUT2D eigenvalue weighted by Gasteiger charge is 2.08. The number of rotatable bonds is 6. The van der Waals surface area contributed by atoms with Crippen LogP contribution in [0.2, 0.25) is 0 Å². The Bertz CT molecular complexity index is 534. The first-order valence-corrected chi connectivity index (χ1v) is 6.71. The first kappa shape index (κ1) is 13.7. The van der Waals surface area contributed by atoms with Crippen molar-refractivity contribution in [3.8, 4) is 0 Å². The lowest BCUT2D eigenvalue weighted by atomic mass is 10.0. The molecule has 2 rings (SSSR count). The Morgan fingerprint density at radius 1 is 1.16 bits per heavy atom. The van der Waals surface area contributed by atoms with Crippen molar-refractivity contribution in [3.05, 3.63) is 46.7 Å². The summed E-state index contributed by atoms with van der Waals surface area (Å²) >= 11 is 0. The van der Waals surface area contributed by atoms with E-state index in [1.807, 2.05) is 7.05 Å². The van der Waals surface area contributed by atoms with Crippen molar-refractivity contribution in [1.29, 1.82) is 0 Å². The molecule has 2 aromatic rings. The molecule has 0 saturated carbocycles. The van der Waals surface area contributed by atoms with Crippen LogP contribution in [0.5, 0.6) is 0 Å². The van der Waals surface area contributed by atoms with Gasteiger partial charge in [-0.2, -0.15) is 0 Å². The zero-order valence-electron chi connectivity index (χ0n) is 11.9. The van der Waals surface area contributed by atoms with Gasteiger partial charge in [0.05, 0.1) is 6.42 Å². The van der Waals surface area contributed by atoms with E-state index in [1.165, 1.54) is 16.7 Å². The minimum absolute atomic E-state index is 0.702. The van der Waals surface area contributed by atoms with Gasteiger partial charge in [0, 0.05) is 6.42 Å². The summed E-state index contributed by atoms with van der Waals surface area (Å²) in [5, 5.41) is 11.3. The summed E-state index contributed by atoms with van der Waals surface area (Å²) in [5.41, 5.74) is 3.78. The van der Waals surface area contributed by atoms with Gasteiger partial charge >= 0.3 is 0 Å². The van der Waals surface area contributed by atoms with Crippen LogP contribution in [-0.4, -0.2) is 23.8 Å². The molecule has 4 heteroatoms. The fraction of sp³-hybridized carbons (Fsp3) is 0.467. The van der Waals surface area contributed by atoms with Crippen molar-refractivity contribution in [2.45, 2.75) is 33.1 Å². The Morgan fingerprint density at radius 2 is 1.95 bits per heavy atom. The van der Waals surface area contributed by atoms with Gasteiger partial charge in [0.15, 0.2) is 0 Å². The van der Waals surface area contributed by atoms with Crippen molar-refractivity contribution in [2.75, 3.05) is 13.6 Å². The second kappa shape index (κ2) is 6.48. The maximum atomic E-state index is 5.68. The number of aromatic nitrogens is 2. The molecule has 0 aliphatic carbocycles. The van der Waals surface area contributed by atoms with Crippen LogP contribution in [0, 0.1) is 13.8 Å². The third-order valence-corrected chi connectivity index (χ3v) is 3.17. The third-order valence-electron chi connectivity index (χ3n) is 3.17. The molecule has 0 atom stereocenters. The molecule has 0 bridgehead atoms. The minimum Gasteiger partial charge on any atom is -0.425 e. The molecule has 0 aliphatic rings. The molecule has 0 saturated heterocycles. The maximum Gasteiger partial charge on any atom is 0.220 e. The summed E-state index contributed by atoms with van der Waals surface area (Å²) in [5.74, 6) is 1.43. The van der Waals surface area contributed by atoms with Crippen molar-refractivity contribution in [2.24, 2.45) is 0 Å². The Balaban J connectivity index is 2.01. The van der Waals surface area contributed by atoms with E-state index in [0.717, 1.165) is 25.3 Å². The van der Waals surface area contributed by atoms with Gasteiger partial charge in [-0.3, -0.25) is 0 Å². The van der Waals surface area contributed by atoms with E-state index in [4.69, 9.17) is 4.42 Å². The monoisotopic (exact) mass is 259 g/mol. The molecule has 19 heavy (non-hydrogen) atoms. The predicted molar refractivity (Wildman–Crippen MR) is 75.3 cm³/mol. The van der Waals surface area contributed by atoms with Crippen molar-refractivity contribution in [3.63, 3.8) is 0 Å². The van der Waals surface area contributed by atoms with Gasteiger partial charge in [0.2, 0.25) is 11.8 Å². The molecule has 0 fully saturated rings. The number of nitrogens with zero attached hydrogens (tertiary/aromatic N) is 2. The standard InChI is InChI=1S/C15H21N3O/c1-11-6-7-12(2)13(9-11)10-15-18-17-14(19-15)5-4-8-16-3/h6-7,9,16H,4-5,8,10H2,1-3H3. The molecule has 1 aromatic heterocycles. The second-order valence-electron chi connectivity index (χ2n) is 4.90. The van der Waals surface area contributed by atoms with E-state index in [9.17, 15) is 0 Å².